The van der Waals surface area contributed by atoms with Gasteiger partial charge in [-0.2, -0.15) is 4.72 Å². The normalized spacial score (nSPS) is 15.9. The zero-order valence-corrected chi connectivity index (χ0v) is 19.2. The molecule has 2 aromatic rings. The minimum Gasteiger partial charge on any atom is -0.326 e. The first kappa shape index (κ1) is 23.3. The molecular formula is C20H27N5O4S2. The van der Waals surface area contributed by atoms with Crippen molar-refractivity contribution in [3.63, 3.8) is 0 Å². The van der Waals surface area contributed by atoms with E-state index >= 15 is 0 Å². The van der Waals surface area contributed by atoms with Crippen molar-refractivity contribution in [2.75, 3.05) is 23.7 Å². The van der Waals surface area contributed by atoms with Crippen LogP contribution in [-0.4, -0.2) is 49.2 Å². The molecule has 31 heavy (non-hydrogen) atoms. The topological polar surface area (TPSA) is 120 Å². The van der Waals surface area contributed by atoms with Crippen LogP contribution in [0, 0.1) is 0 Å². The quantitative estimate of drug-likeness (QED) is 0.551. The maximum Gasteiger partial charge on any atom is 0.244 e. The molecule has 0 saturated carbocycles. The zero-order valence-electron chi connectivity index (χ0n) is 17.6. The number of nitrogens with zero attached hydrogens (tertiary/aromatic N) is 2. The first-order chi connectivity index (χ1) is 14.7. The second-order valence-electron chi connectivity index (χ2n) is 7.52. The molecule has 9 nitrogen and oxygen atoms in total. The summed E-state index contributed by atoms with van der Waals surface area (Å²) >= 11 is 1.32. The Balaban J connectivity index is 1.55. The Morgan fingerprint density at radius 2 is 1.81 bits per heavy atom. The summed E-state index contributed by atoms with van der Waals surface area (Å²) in [5.74, 6) is -0.738. The summed E-state index contributed by atoms with van der Waals surface area (Å²) in [5.41, 5.74) is 1.39. The predicted molar refractivity (Wildman–Crippen MR) is 120 cm³/mol. The van der Waals surface area contributed by atoms with Crippen LogP contribution < -0.4 is 15.4 Å². The molecule has 1 atom stereocenters. The molecule has 1 fully saturated rings. The van der Waals surface area contributed by atoms with E-state index in [9.17, 15) is 18.0 Å². The number of carbonyl (C=O) groups excluding carboxylic acids is 2. The maximum atomic E-state index is 12.6. The van der Waals surface area contributed by atoms with Gasteiger partial charge in [-0.25, -0.2) is 13.4 Å². The van der Waals surface area contributed by atoms with Gasteiger partial charge in [0.15, 0.2) is 5.13 Å². The first-order valence-corrected chi connectivity index (χ1v) is 12.5. The third-order valence-electron chi connectivity index (χ3n) is 4.83. The van der Waals surface area contributed by atoms with E-state index in [4.69, 9.17) is 0 Å². The third kappa shape index (κ3) is 6.82. The lowest BCUT2D eigenvalue weighted by Gasteiger charge is -2.25. The third-order valence-corrected chi connectivity index (χ3v) is 7.19. The lowest BCUT2D eigenvalue weighted by atomic mass is 10.1. The number of amides is 2. The Labute approximate surface area is 186 Å². The Morgan fingerprint density at radius 1 is 1.13 bits per heavy atom. The minimum absolute atomic E-state index is 0.000631. The van der Waals surface area contributed by atoms with Gasteiger partial charge >= 0.3 is 0 Å². The van der Waals surface area contributed by atoms with E-state index in [1.807, 2.05) is 5.38 Å². The van der Waals surface area contributed by atoms with Gasteiger partial charge in [-0.3, -0.25) is 14.5 Å². The number of hydrogen-bond acceptors (Lipinski definition) is 7. The number of anilines is 2. The maximum absolute atomic E-state index is 12.6. The van der Waals surface area contributed by atoms with Gasteiger partial charge < -0.3 is 10.6 Å². The van der Waals surface area contributed by atoms with Crippen molar-refractivity contribution in [2.24, 2.45) is 0 Å². The van der Waals surface area contributed by atoms with Crippen LogP contribution in [-0.2, 0) is 26.2 Å². The molecule has 168 valence electrons. The van der Waals surface area contributed by atoms with Gasteiger partial charge in [-0.1, -0.05) is 6.42 Å². The van der Waals surface area contributed by atoms with Crippen LogP contribution in [0.15, 0.2) is 34.5 Å². The Kier molecular flexibility index (Phi) is 7.76. The lowest BCUT2D eigenvalue weighted by Crippen LogP contribution is -2.41. The van der Waals surface area contributed by atoms with Crippen LogP contribution in [0.2, 0.25) is 0 Å². The molecule has 1 aromatic heterocycles. The van der Waals surface area contributed by atoms with Gasteiger partial charge in [0.1, 0.15) is 0 Å². The fraction of sp³-hybridized carbons (Fsp3) is 0.450. The molecular weight excluding hydrogens is 438 g/mol. The Hall–Kier alpha value is -2.34. The number of likely N-dealkylation sites (tertiary alicyclic amines) is 1. The molecule has 0 bridgehead atoms. The van der Waals surface area contributed by atoms with E-state index in [-0.39, 0.29) is 10.8 Å². The molecule has 1 saturated heterocycles. The molecule has 0 radical (unpaired) electrons. The molecule has 1 aliphatic rings. The second kappa shape index (κ2) is 10.3. The van der Waals surface area contributed by atoms with Crippen LogP contribution >= 0.6 is 11.3 Å². The van der Waals surface area contributed by atoms with Crippen molar-refractivity contribution in [1.82, 2.24) is 14.6 Å². The van der Waals surface area contributed by atoms with Crippen LogP contribution in [0.4, 0.5) is 10.8 Å². The molecule has 11 heteroatoms. The van der Waals surface area contributed by atoms with E-state index < -0.39 is 22.0 Å². The summed E-state index contributed by atoms with van der Waals surface area (Å²) in [5, 5.41) is 7.61. The van der Waals surface area contributed by atoms with Gasteiger partial charge in [0.05, 0.1) is 16.6 Å². The number of carbonyl (C=O) groups is 2. The fourth-order valence-corrected chi connectivity index (χ4v) is 5.18. The van der Waals surface area contributed by atoms with E-state index in [0.29, 0.717) is 10.8 Å². The predicted octanol–water partition coefficient (Wildman–Crippen LogP) is 2.39. The van der Waals surface area contributed by atoms with Gasteiger partial charge in [0, 0.05) is 24.5 Å². The molecule has 0 aliphatic carbocycles. The molecule has 1 aromatic carbocycles. The fourth-order valence-electron chi connectivity index (χ4n) is 3.27. The summed E-state index contributed by atoms with van der Waals surface area (Å²) in [6.07, 6.45) is 3.66. The highest BCUT2D eigenvalue weighted by atomic mass is 32.2. The van der Waals surface area contributed by atoms with E-state index in [2.05, 4.69) is 25.2 Å². The molecule has 2 amide bonds. The molecule has 2 heterocycles. The van der Waals surface area contributed by atoms with E-state index in [1.165, 1.54) is 68.7 Å². The second-order valence-corrected chi connectivity index (χ2v) is 10.1. The van der Waals surface area contributed by atoms with Crippen molar-refractivity contribution in [2.45, 2.75) is 50.6 Å². The summed E-state index contributed by atoms with van der Waals surface area (Å²) in [6.45, 7) is 5.71. The lowest BCUT2D eigenvalue weighted by molar-refractivity contribution is -0.117. The first-order valence-electron chi connectivity index (χ1n) is 10.1. The van der Waals surface area contributed by atoms with Crippen LogP contribution in [0.5, 0.6) is 0 Å². The number of sulfonamides is 1. The number of benzene rings is 1. The van der Waals surface area contributed by atoms with Crippen molar-refractivity contribution in [3.05, 3.63) is 35.3 Å². The molecule has 3 N–H and O–H groups in total. The van der Waals surface area contributed by atoms with Gasteiger partial charge in [0.2, 0.25) is 21.8 Å². The number of rotatable bonds is 8. The molecule has 3 rings (SSSR count). The smallest absolute Gasteiger partial charge is 0.244 e. The Bertz CT molecular complexity index is 1010. The highest BCUT2D eigenvalue weighted by molar-refractivity contribution is 7.89. The molecule has 1 aliphatic heterocycles. The van der Waals surface area contributed by atoms with Crippen molar-refractivity contribution in [1.29, 1.82) is 0 Å². The van der Waals surface area contributed by atoms with Gasteiger partial charge in [-0.05, 0) is 57.1 Å². The zero-order chi connectivity index (χ0) is 22.4. The highest BCUT2D eigenvalue weighted by Gasteiger charge is 2.23. The van der Waals surface area contributed by atoms with Crippen molar-refractivity contribution in [3.8, 4) is 0 Å². The monoisotopic (exact) mass is 465 g/mol. The highest BCUT2D eigenvalue weighted by Crippen LogP contribution is 2.19. The van der Waals surface area contributed by atoms with Crippen LogP contribution in [0.3, 0.4) is 0 Å². The number of aromatic nitrogens is 1. The largest absolute Gasteiger partial charge is 0.326 e. The summed E-state index contributed by atoms with van der Waals surface area (Å²) in [4.78, 5) is 30.3. The molecule has 0 unspecified atom stereocenters. The SMILES string of the molecule is CC(=O)Nc1ccc(S(=O)(=O)N[C@H](C)C(=O)Nc2nc(CN3CCCCC3)cs2)cc1. The number of nitrogens with one attached hydrogen (secondary N) is 3. The minimum atomic E-state index is -3.90. The van der Waals surface area contributed by atoms with Gasteiger partial charge in [-0.15, -0.1) is 11.3 Å². The number of thiazole rings is 1. The van der Waals surface area contributed by atoms with Crippen LogP contribution in [0.25, 0.3) is 0 Å². The standard InChI is InChI=1S/C20H27N5O4S2/c1-14(24-31(28,29)18-8-6-16(7-9-18)21-15(2)26)19(27)23-20-22-17(13-30-20)12-25-10-4-3-5-11-25/h6-9,13-14,24H,3-5,10-12H2,1-2H3,(H,21,26)(H,22,23,27)/t14-/m1/s1. The summed E-state index contributed by atoms with van der Waals surface area (Å²) in [6, 6.07) is 4.72. The van der Waals surface area contributed by atoms with Crippen molar-refractivity contribution >= 4 is 44.0 Å². The number of piperidine rings is 1. The van der Waals surface area contributed by atoms with Crippen molar-refractivity contribution < 1.29 is 18.0 Å². The molecule has 0 spiro atoms. The van der Waals surface area contributed by atoms with E-state index in [0.717, 1.165) is 25.3 Å². The summed E-state index contributed by atoms with van der Waals surface area (Å²) < 4.78 is 27.5. The average molecular weight is 466 g/mol. The van der Waals surface area contributed by atoms with Gasteiger partial charge in [0.25, 0.3) is 0 Å². The summed E-state index contributed by atoms with van der Waals surface area (Å²) in [7, 11) is -3.90. The Morgan fingerprint density at radius 3 is 2.45 bits per heavy atom. The number of hydrogen-bond donors (Lipinski definition) is 3. The van der Waals surface area contributed by atoms with E-state index in [1.54, 1.807) is 0 Å². The average Bonchev–Trinajstić information content (AvgIpc) is 3.15. The van der Waals surface area contributed by atoms with Crippen LogP contribution in [0.1, 0.15) is 38.8 Å².